The Morgan fingerprint density at radius 1 is 1.12 bits per heavy atom. The lowest BCUT2D eigenvalue weighted by atomic mass is 10.3. The van der Waals surface area contributed by atoms with E-state index in [4.69, 9.17) is 5.73 Å². The molecule has 0 fully saturated rings. The maximum Gasteiger partial charge on any atom is 0.247 e. The predicted octanol–water partition coefficient (Wildman–Crippen LogP) is 1.81. The average Bonchev–Trinajstić information content (AvgIpc) is 2.24. The minimum absolute atomic E-state index is 0.480. The van der Waals surface area contributed by atoms with Crippen LogP contribution in [0.15, 0.2) is 24.3 Å². The minimum atomic E-state index is 0.480. The number of hydrogen-bond donors (Lipinski definition) is 2. The number of rotatable bonds is 2. The van der Waals surface area contributed by atoms with Crippen molar-refractivity contribution in [3.05, 3.63) is 35.7 Å². The van der Waals surface area contributed by atoms with Crippen molar-refractivity contribution >= 4 is 17.3 Å². The zero-order valence-corrected chi connectivity index (χ0v) is 9.23. The zero-order valence-electron chi connectivity index (χ0n) is 9.23. The lowest BCUT2D eigenvalue weighted by molar-refractivity contribution is 0.905. The largest absolute Gasteiger partial charge is 0.399 e. The quantitative estimate of drug-likeness (QED) is 0.747. The topological polar surface area (TPSA) is 76.7 Å². The van der Waals surface area contributed by atoms with Gasteiger partial charge in [0.15, 0.2) is 0 Å². The molecule has 16 heavy (non-hydrogen) atoms. The monoisotopic (exact) mass is 215 g/mol. The van der Waals surface area contributed by atoms with Gasteiger partial charge in [0.2, 0.25) is 5.95 Å². The van der Waals surface area contributed by atoms with Crippen LogP contribution in [0.5, 0.6) is 0 Å². The fourth-order valence-corrected chi connectivity index (χ4v) is 1.26. The molecule has 0 amide bonds. The molecule has 0 aliphatic carbocycles. The van der Waals surface area contributed by atoms with Gasteiger partial charge in [0, 0.05) is 11.4 Å². The van der Waals surface area contributed by atoms with Gasteiger partial charge in [-0.15, -0.1) is 5.10 Å². The van der Waals surface area contributed by atoms with E-state index >= 15 is 0 Å². The van der Waals surface area contributed by atoms with Gasteiger partial charge in [-0.3, -0.25) is 0 Å². The summed E-state index contributed by atoms with van der Waals surface area (Å²) in [5.41, 5.74) is 8.91. The number of nitrogens with one attached hydrogen (secondary N) is 1. The molecule has 0 unspecified atom stereocenters. The molecule has 5 heteroatoms. The van der Waals surface area contributed by atoms with E-state index in [0.717, 1.165) is 17.1 Å². The third-order valence-corrected chi connectivity index (χ3v) is 2.23. The fourth-order valence-electron chi connectivity index (χ4n) is 1.26. The van der Waals surface area contributed by atoms with E-state index in [9.17, 15) is 0 Å². The molecule has 1 aromatic carbocycles. The Kier molecular flexibility index (Phi) is 2.68. The van der Waals surface area contributed by atoms with E-state index in [-0.39, 0.29) is 0 Å². The Bertz CT molecular complexity index is 509. The van der Waals surface area contributed by atoms with Crippen molar-refractivity contribution in [1.82, 2.24) is 15.2 Å². The van der Waals surface area contributed by atoms with Gasteiger partial charge in [-0.2, -0.15) is 5.10 Å². The van der Waals surface area contributed by atoms with Gasteiger partial charge in [-0.1, -0.05) is 6.07 Å². The van der Waals surface area contributed by atoms with Gasteiger partial charge in [0.25, 0.3) is 0 Å². The number of hydrogen-bond acceptors (Lipinski definition) is 5. The molecular formula is C11H13N5. The predicted molar refractivity (Wildman–Crippen MR) is 63.4 cm³/mol. The van der Waals surface area contributed by atoms with E-state index in [1.165, 1.54) is 0 Å². The van der Waals surface area contributed by atoms with Crippen molar-refractivity contribution in [1.29, 1.82) is 0 Å². The Hall–Kier alpha value is -2.17. The molecule has 0 atom stereocenters. The molecule has 3 N–H and O–H groups in total. The van der Waals surface area contributed by atoms with Crippen LogP contribution in [0.2, 0.25) is 0 Å². The maximum absolute atomic E-state index is 5.67. The van der Waals surface area contributed by atoms with Crippen molar-refractivity contribution in [2.45, 2.75) is 13.8 Å². The number of nitrogens with zero attached hydrogens (tertiary/aromatic N) is 3. The van der Waals surface area contributed by atoms with Crippen molar-refractivity contribution < 1.29 is 0 Å². The molecular weight excluding hydrogens is 202 g/mol. The third kappa shape index (κ3) is 2.25. The lowest BCUT2D eigenvalue weighted by Gasteiger charge is -2.05. The summed E-state index contributed by atoms with van der Waals surface area (Å²) in [5.74, 6) is 0.480. The molecule has 1 aromatic heterocycles. The van der Waals surface area contributed by atoms with Gasteiger partial charge in [-0.05, 0) is 32.0 Å². The molecule has 2 aromatic rings. The number of aromatic nitrogens is 3. The van der Waals surface area contributed by atoms with Crippen LogP contribution in [0, 0.1) is 13.8 Å². The molecule has 0 aliphatic heterocycles. The Labute approximate surface area is 93.7 Å². The highest BCUT2D eigenvalue weighted by atomic mass is 15.2. The highest BCUT2D eigenvalue weighted by Gasteiger charge is 2.01. The molecule has 2 rings (SSSR count). The van der Waals surface area contributed by atoms with Gasteiger partial charge in [0.1, 0.15) is 0 Å². The van der Waals surface area contributed by atoms with Crippen LogP contribution in [0.4, 0.5) is 17.3 Å². The second kappa shape index (κ2) is 4.14. The first-order chi connectivity index (χ1) is 7.65. The van der Waals surface area contributed by atoms with Crippen LogP contribution in [0.3, 0.4) is 0 Å². The van der Waals surface area contributed by atoms with Gasteiger partial charge in [-0.25, -0.2) is 4.98 Å². The average molecular weight is 215 g/mol. The van der Waals surface area contributed by atoms with Crippen LogP contribution < -0.4 is 11.1 Å². The van der Waals surface area contributed by atoms with E-state index < -0.39 is 0 Å². The Morgan fingerprint density at radius 3 is 2.62 bits per heavy atom. The van der Waals surface area contributed by atoms with Gasteiger partial charge >= 0.3 is 0 Å². The van der Waals surface area contributed by atoms with Crippen LogP contribution in [-0.4, -0.2) is 15.2 Å². The summed E-state index contributed by atoms with van der Waals surface area (Å²) >= 11 is 0. The maximum atomic E-state index is 5.67. The standard InChI is InChI=1S/C11H13N5/c1-7-8(2)15-16-11(13-7)14-10-5-3-4-9(12)6-10/h3-6H,12H2,1-2H3,(H,13,14,16). The second-order valence-corrected chi connectivity index (χ2v) is 3.56. The summed E-state index contributed by atoms with van der Waals surface area (Å²) in [7, 11) is 0. The summed E-state index contributed by atoms with van der Waals surface area (Å²) < 4.78 is 0. The van der Waals surface area contributed by atoms with Crippen LogP contribution in [0.25, 0.3) is 0 Å². The third-order valence-electron chi connectivity index (χ3n) is 2.23. The summed E-state index contributed by atoms with van der Waals surface area (Å²) in [6.45, 7) is 3.77. The van der Waals surface area contributed by atoms with Crippen LogP contribution >= 0.6 is 0 Å². The van der Waals surface area contributed by atoms with E-state index in [1.54, 1.807) is 0 Å². The van der Waals surface area contributed by atoms with Crippen molar-refractivity contribution in [2.24, 2.45) is 0 Å². The smallest absolute Gasteiger partial charge is 0.247 e. The molecule has 5 nitrogen and oxygen atoms in total. The van der Waals surface area contributed by atoms with E-state index in [1.807, 2.05) is 38.1 Å². The summed E-state index contributed by atoms with van der Waals surface area (Å²) in [4.78, 5) is 4.27. The van der Waals surface area contributed by atoms with Crippen molar-refractivity contribution in [3.63, 3.8) is 0 Å². The highest BCUT2D eigenvalue weighted by Crippen LogP contribution is 2.15. The number of nitrogens with two attached hydrogens (primary N) is 1. The zero-order chi connectivity index (χ0) is 11.5. The first-order valence-electron chi connectivity index (χ1n) is 4.95. The molecule has 0 spiro atoms. The van der Waals surface area contributed by atoms with Crippen LogP contribution in [0.1, 0.15) is 11.4 Å². The second-order valence-electron chi connectivity index (χ2n) is 3.56. The SMILES string of the molecule is Cc1nnc(Nc2cccc(N)c2)nc1C. The Morgan fingerprint density at radius 2 is 1.94 bits per heavy atom. The number of benzene rings is 1. The number of aryl methyl sites for hydroxylation is 2. The summed E-state index contributed by atoms with van der Waals surface area (Å²) in [6, 6.07) is 7.41. The number of nitrogen functional groups attached to an aromatic ring is 1. The highest BCUT2D eigenvalue weighted by molar-refractivity contribution is 5.59. The molecule has 82 valence electrons. The molecule has 1 heterocycles. The van der Waals surface area contributed by atoms with E-state index in [0.29, 0.717) is 11.6 Å². The Balaban J connectivity index is 2.24. The molecule has 0 bridgehead atoms. The molecule has 0 saturated heterocycles. The van der Waals surface area contributed by atoms with Gasteiger partial charge < -0.3 is 11.1 Å². The normalized spacial score (nSPS) is 10.1. The fraction of sp³-hybridized carbons (Fsp3) is 0.182. The first-order valence-corrected chi connectivity index (χ1v) is 4.95. The first kappa shape index (κ1) is 10.4. The molecule has 0 radical (unpaired) electrons. The van der Waals surface area contributed by atoms with Gasteiger partial charge in [0.05, 0.1) is 11.4 Å². The number of anilines is 3. The minimum Gasteiger partial charge on any atom is -0.399 e. The van der Waals surface area contributed by atoms with E-state index in [2.05, 4.69) is 20.5 Å². The van der Waals surface area contributed by atoms with Crippen LogP contribution in [-0.2, 0) is 0 Å². The van der Waals surface area contributed by atoms with Crippen molar-refractivity contribution in [3.8, 4) is 0 Å². The summed E-state index contributed by atoms with van der Waals surface area (Å²) in [5, 5.41) is 11.0. The lowest BCUT2D eigenvalue weighted by Crippen LogP contribution is -2.02. The summed E-state index contributed by atoms with van der Waals surface area (Å²) in [6.07, 6.45) is 0. The molecule has 0 saturated carbocycles. The van der Waals surface area contributed by atoms with Crippen molar-refractivity contribution in [2.75, 3.05) is 11.1 Å². The molecule has 0 aliphatic rings.